The molecule has 36 heavy (non-hydrogen) atoms. The van der Waals surface area contributed by atoms with Gasteiger partial charge in [-0.25, -0.2) is 0 Å². The first kappa shape index (κ1) is 24.5. The molecule has 1 atom stereocenters. The highest BCUT2D eigenvalue weighted by Crippen LogP contribution is 2.44. The van der Waals surface area contributed by atoms with E-state index in [1.807, 2.05) is 24.3 Å². The van der Waals surface area contributed by atoms with E-state index in [9.17, 15) is 14.7 Å². The largest absolute Gasteiger partial charge is 0.507 e. The summed E-state index contributed by atoms with van der Waals surface area (Å²) in [6.07, 6.45) is 3.13. The van der Waals surface area contributed by atoms with Gasteiger partial charge in [-0.1, -0.05) is 70.6 Å². The van der Waals surface area contributed by atoms with Gasteiger partial charge in [0.1, 0.15) is 5.76 Å². The average molecular weight is 555 g/mol. The Morgan fingerprint density at radius 2 is 1.81 bits per heavy atom. The molecule has 3 heterocycles. The van der Waals surface area contributed by atoms with Crippen LogP contribution in [0.4, 0.5) is 5.13 Å². The SMILES string of the molecule is O=C1C(=O)N(c2nnc(SCc3ccccc3Cl)s2)C(c2cccnc2)/C1=C(/O)c1ccc(Cl)cc1. The molecule has 0 bridgehead atoms. The number of thioether (sulfide) groups is 1. The Morgan fingerprint density at radius 3 is 2.53 bits per heavy atom. The van der Waals surface area contributed by atoms with Crippen LogP contribution in [0.1, 0.15) is 22.7 Å². The highest BCUT2D eigenvalue weighted by atomic mass is 35.5. The molecular weight excluding hydrogens is 539 g/mol. The van der Waals surface area contributed by atoms with Gasteiger partial charge in [0.2, 0.25) is 5.13 Å². The van der Waals surface area contributed by atoms with Gasteiger partial charge in [0, 0.05) is 33.8 Å². The Balaban J connectivity index is 1.53. The Kier molecular flexibility index (Phi) is 7.06. The lowest BCUT2D eigenvalue weighted by atomic mass is 9.96. The standard InChI is InChI=1S/C25H16Cl2N4O3S2/c26-17-9-7-14(8-10-17)21(32)19-20(15-5-3-11-28-12-15)31(23(34)22(19)33)24-29-30-25(36-24)35-13-16-4-1-2-6-18(16)27/h1-12,20,32H,13H2/b21-19-. The van der Waals surface area contributed by atoms with E-state index < -0.39 is 17.7 Å². The molecule has 0 spiro atoms. The third-order valence-corrected chi connectivity index (χ3v) is 8.20. The first-order valence-electron chi connectivity index (χ1n) is 10.6. The predicted molar refractivity (Wildman–Crippen MR) is 141 cm³/mol. The second-order valence-corrected chi connectivity index (χ2v) is 10.7. The van der Waals surface area contributed by atoms with E-state index >= 15 is 0 Å². The molecule has 1 saturated heterocycles. The maximum absolute atomic E-state index is 13.2. The van der Waals surface area contributed by atoms with Crippen molar-refractivity contribution in [3.8, 4) is 0 Å². The number of rotatable bonds is 6. The fourth-order valence-electron chi connectivity index (χ4n) is 3.76. The van der Waals surface area contributed by atoms with E-state index in [0.29, 0.717) is 31.3 Å². The predicted octanol–water partition coefficient (Wildman–Crippen LogP) is 6.16. The van der Waals surface area contributed by atoms with Crippen LogP contribution in [-0.4, -0.2) is 32.0 Å². The number of halogens is 2. The number of aromatic nitrogens is 3. The number of benzene rings is 2. The van der Waals surface area contributed by atoms with Crippen LogP contribution in [-0.2, 0) is 15.3 Å². The van der Waals surface area contributed by atoms with Crippen LogP contribution in [0.5, 0.6) is 0 Å². The van der Waals surface area contributed by atoms with Crippen LogP contribution >= 0.6 is 46.3 Å². The number of hydrogen-bond donors (Lipinski definition) is 1. The molecule has 7 nitrogen and oxygen atoms in total. The summed E-state index contributed by atoms with van der Waals surface area (Å²) in [5, 5.41) is 20.9. The van der Waals surface area contributed by atoms with Crippen molar-refractivity contribution in [2.24, 2.45) is 0 Å². The van der Waals surface area contributed by atoms with Gasteiger partial charge < -0.3 is 5.11 Å². The average Bonchev–Trinajstić information content (AvgIpc) is 3.46. The number of hydrogen-bond acceptors (Lipinski definition) is 8. The van der Waals surface area contributed by atoms with Crippen LogP contribution in [0.3, 0.4) is 0 Å². The molecule has 0 aliphatic carbocycles. The Bertz CT molecular complexity index is 1480. The Hall–Kier alpha value is -3.24. The van der Waals surface area contributed by atoms with Crippen molar-refractivity contribution in [3.63, 3.8) is 0 Å². The number of anilines is 1. The maximum Gasteiger partial charge on any atom is 0.301 e. The van der Waals surface area contributed by atoms with Crippen LogP contribution in [0.15, 0.2) is 83.0 Å². The zero-order valence-corrected chi connectivity index (χ0v) is 21.5. The molecule has 2 aromatic carbocycles. The van der Waals surface area contributed by atoms with Crippen molar-refractivity contribution in [2.45, 2.75) is 16.1 Å². The fraction of sp³-hybridized carbons (Fsp3) is 0.0800. The summed E-state index contributed by atoms with van der Waals surface area (Å²) in [6, 6.07) is 16.4. The minimum Gasteiger partial charge on any atom is -0.507 e. The minimum atomic E-state index is -0.927. The van der Waals surface area contributed by atoms with Gasteiger partial charge in [0.25, 0.3) is 5.78 Å². The van der Waals surface area contributed by atoms with Crippen molar-refractivity contribution in [1.29, 1.82) is 0 Å². The number of carbonyl (C=O) groups is 2. The molecule has 2 aromatic heterocycles. The van der Waals surface area contributed by atoms with Crippen molar-refractivity contribution < 1.29 is 14.7 Å². The number of ketones is 1. The smallest absolute Gasteiger partial charge is 0.301 e. The summed E-state index contributed by atoms with van der Waals surface area (Å²) in [5.74, 6) is -1.37. The van der Waals surface area contributed by atoms with Crippen molar-refractivity contribution in [2.75, 3.05) is 4.90 Å². The van der Waals surface area contributed by atoms with Crippen LogP contribution in [0.25, 0.3) is 5.76 Å². The lowest BCUT2D eigenvalue weighted by Gasteiger charge is -2.22. The summed E-state index contributed by atoms with van der Waals surface area (Å²) in [6.45, 7) is 0. The first-order chi connectivity index (χ1) is 17.4. The number of pyridine rings is 1. The normalized spacial score (nSPS) is 17.1. The van der Waals surface area contributed by atoms with Crippen LogP contribution < -0.4 is 4.90 Å². The quantitative estimate of drug-likeness (QED) is 0.100. The molecule has 11 heteroatoms. The number of nitrogens with zero attached hydrogens (tertiary/aromatic N) is 4. The molecule has 4 aromatic rings. The molecule has 0 saturated carbocycles. The highest BCUT2D eigenvalue weighted by Gasteiger charge is 2.48. The van der Waals surface area contributed by atoms with Gasteiger partial charge >= 0.3 is 5.91 Å². The fourth-order valence-corrected chi connectivity index (χ4v) is 6.04. The minimum absolute atomic E-state index is 0.0595. The van der Waals surface area contributed by atoms with Gasteiger partial charge in [0.05, 0.1) is 11.6 Å². The maximum atomic E-state index is 13.2. The molecule has 0 radical (unpaired) electrons. The number of aliphatic hydroxyl groups is 1. The van der Waals surface area contributed by atoms with Crippen LogP contribution in [0.2, 0.25) is 10.0 Å². The molecule has 1 aliphatic rings. The first-order valence-corrected chi connectivity index (χ1v) is 13.2. The summed E-state index contributed by atoms with van der Waals surface area (Å²) in [5.41, 5.74) is 1.79. The Labute approximate surface area is 224 Å². The number of Topliss-reactive ketones (excluding diaryl/α,β-unsaturated/α-hetero) is 1. The third kappa shape index (κ3) is 4.75. The van der Waals surface area contributed by atoms with E-state index in [2.05, 4.69) is 15.2 Å². The van der Waals surface area contributed by atoms with Crippen molar-refractivity contribution >= 4 is 68.9 Å². The molecule has 1 aliphatic heterocycles. The molecule has 1 unspecified atom stereocenters. The van der Waals surface area contributed by atoms with Gasteiger partial charge in [0.15, 0.2) is 4.34 Å². The topological polar surface area (TPSA) is 96.3 Å². The molecule has 5 rings (SSSR count). The molecule has 1 N–H and O–H groups in total. The van der Waals surface area contributed by atoms with Crippen molar-refractivity contribution in [3.05, 3.63) is 105 Å². The number of aliphatic hydroxyl groups excluding tert-OH is 1. The number of carbonyl (C=O) groups excluding carboxylic acids is 2. The van der Waals surface area contributed by atoms with E-state index in [1.54, 1.807) is 48.8 Å². The molecular formula is C25H16Cl2N4O3S2. The Morgan fingerprint density at radius 1 is 1.03 bits per heavy atom. The van der Waals surface area contributed by atoms with Gasteiger partial charge in [-0.2, -0.15) is 0 Å². The van der Waals surface area contributed by atoms with Crippen molar-refractivity contribution in [1.82, 2.24) is 15.2 Å². The zero-order chi connectivity index (χ0) is 25.2. The van der Waals surface area contributed by atoms with E-state index in [0.717, 1.165) is 5.56 Å². The van der Waals surface area contributed by atoms with Crippen LogP contribution in [0, 0.1) is 0 Å². The van der Waals surface area contributed by atoms with E-state index in [4.69, 9.17) is 23.2 Å². The zero-order valence-electron chi connectivity index (χ0n) is 18.3. The summed E-state index contributed by atoms with van der Waals surface area (Å²) in [7, 11) is 0. The monoisotopic (exact) mass is 554 g/mol. The van der Waals surface area contributed by atoms with Gasteiger partial charge in [-0.3, -0.25) is 19.5 Å². The third-order valence-electron chi connectivity index (χ3n) is 5.47. The van der Waals surface area contributed by atoms with Gasteiger partial charge in [-0.05, 0) is 47.5 Å². The summed E-state index contributed by atoms with van der Waals surface area (Å²) >= 11 is 14.8. The molecule has 180 valence electrons. The lowest BCUT2D eigenvalue weighted by Crippen LogP contribution is -2.29. The summed E-state index contributed by atoms with van der Waals surface area (Å²) < 4.78 is 0.606. The second kappa shape index (κ2) is 10.4. The summed E-state index contributed by atoms with van der Waals surface area (Å²) in [4.78, 5) is 31.8. The van der Waals surface area contributed by atoms with E-state index in [1.165, 1.54) is 28.0 Å². The second-order valence-electron chi connectivity index (χ2n) is 7.69. The number of amides is 1. The van der Waals surface area contributed by atoms with Gasteiger partial charge in [-0.15, -0.1) is 10.2 Å². The molecule has 1 fully saturated rings. The lowest BCUT2D eigenvalue weighted by molar-refractivity contribution is -0.132. The molecule has 1 amide bonds. The highest BCUT2D eigenvalue weighted by molar-refractivity contribution is 8.00. The van der Waals surface area contributed by atoms with E-state index in [-0.39, 0.29) is 16.5 Å².